The number of carbonyl (C=O) groups is 1. The van der Waals surface area contributed by atoms with Crippen LogP contribution in [-0.4, -0.2) is 20.6 Å². The zero-order valence-corrected chi connectivity index (χ0v) is 12.4. The third kappa shape index (κ3) is 2.66. The Morgan fingerprint density at radius 1 is 1.26 bits per heavy atom. The molecule has 0 radical (unpaired) electrons. The van der Waals surface area contributed by atoms with Crippen molar-refractivity contribution < 1.29 is 14.8 Å². The number of nitrogens with zero attached hydrogens (tertiary/aromatic N) is 2. The van der Waals surface area contributed by atoms with E-state index in [2.05, 4.69) is 0 Å². The Hall–Kier alpha value is -3.15. The molecular weight excluding hydrogens is 296 g/mol. The van der Waals surface area contributed by atoms with Gasteiger partial charge in [0.05, 0.1) is 16.9 Å². The molecule has 6 nitrogen and oxygen atoms in total. The summed E-state index contributed by atoms with van der Waals surface area (Å²) in [6.07, 6.45) is 1.71. The van der Waals surface area contributed by atoms with E-state index < -0.39 is 10.9 Å². The second kappa shape index (κ2) is 5.57. The molecule has 0 spiro atoms. The lowest BCUT2D eigenvalue weighted by molar-refractivity contribution is -0.384. The maximum atomic E-state index is 11.1. The number of hydrogen-bond donors (Lipinski definition) is 1. The lowest BCUT2D eigenvalue weighted by atomic mass is 10.1. The van der Waals surface area contributed by atoms with Crippen LogP contribution >= 0.6 is 0 Å². The minimum Gasteiger partial charge on any atom is -0.481 e. The van der Waals surface area contributed by atoms with Crippen molar-refractivity contribution in [3.8, 4) is 5.69 Å². The lowest BCUT2D eigenvalue weighted by Gasteiger charge is -2.08. The highest BCUT2D eigenvalue weighted by Crippen LogP contribution is 2.28. The lowest BCUT2D eigenvalue weighted by Crippen LogP contribution is -1.99. The number of para-hydroxylation sites is 1. The van der Waals surface area contributed by atoms with Crippen LogP contribution in [0.4, 0.5) is 5.69 Å². The molecule has 23 heavy (non-hydrogen) atoms. The molecule has 0 amide bonds. The predicted molar refractivity (Wildman–Crippen MR) is 86.0 cm³/mol. The van der Waals surface area contributed by atoms with Crippen LogP contribution in [-0.2, 0) is 11.2 Å². The van der Waals surface area contributed by atoms with Crippen LogP contribution < -0.4 is 0 Å². The normalized spacial score (nSPS) is 10.8. The number of benzene rings is 2. The number of hydrogen-bond acceptors (Lipinski definition) is 3. The summed E-state index contributed by atoms with van der Waals surface area (Å²) in [7, 11) is 0. The summed E-state index contributed by atoms with van der Waals surface area (Å²) < 4.78 is 1.88. The van der Waals surface area contributed by atoms with E-state index in [0.29, 0.717) is 5.56 Å². The monoisotopic (exact) mass is 310 g/mol. The molecule has 0 saturated carbocycles. The van der Waals surface area contributed by atoms with Gasteiger partial charge in [-0.1, -0.05) is 18.2 Å². The minimum atomic E-state index is -0.895. The van der Waals surface area contributed by atoms with Crippen molar-refractivity contribution in [2.75, 3.05) is 0 Å². The smallest absolute Gasteiger partial charge is 0.307 e. The minimum absolute atomic E-state index is 0.0356. The second-order valence-corrected chi connectivity index (χ2v) is 5.34. The summed E-state index contributed by atoms with van der Waals surface area (Å²) >= 11 is 0. The van der Waals surface area contributed by atoms with Crippen molar-refractivity contribution in [3.63, 3.8) is 0 Å². The van der Waals surface area contributed by atoms with E-state index in [1.807, 2.05) is 28.8 Å². The molecule has 0 saturated heterocycles. The number of carboxylic acids is 1. The first-order valence-corrected chi connectivity index (χ1v) is 7.03. The molecule has 0 aliphatic carbocycles. The molecule has 3 rings (SSSR count). The Balaban J connectivity index is 2.20. The van der Waals surface area contributed by atoms with E-state index in [0.717, 1.165) is 22.2 Å². The Morgan fingerprint density at radius 2 is 2.00 bits per heavy atom. The van der Waals surface area contributed by atoms with Crippen molar-refractivity contribution in [1.82, 2.24) is 4.57 Å². The predicted octanol–water partition coefficient (Wildman–Crippen LogP) is 3.47. The maximum absolute atomic E-state index is 11.1. The number of nitro groups is 1. The first-order valence-electron chi connectivity index (χ1n) is 7.03. The third-order valence-electron chi connectivity index (χ3n) is 3.79. The van der Waals surface area contributed by atoms with E-state index >= 15 is 0 Å². The summed E-state index contributed by atoms with van der Waals surface area (Å²) in [4.78, 5) is 21.5. The first-order chi connectivity index (χ1) is 11.0. The average Bonchev–Trinajstić information content (AvgIpc) is 2.85. The van der Waals surface area contributed by atoms with E-state index in [9.17, 15) is 14.9 Å². The third-order valence-corrected chi connectivity index (χ3v) is 3.79. The van der Waals surface area contributed by atoms with E-state index in [4.69, 9.17) is 5.11 Å². The van der Waals surface area contributed by atoms with Crippen LogP contribution in [0.1, 0.15) is 11.1 Å². The van der Waals surface area contributed by atoms with E-state index in [1.54, 1.807) is 19.2 Å². The fraction of sp³-hybridized carbons (Fsp3) is 0.118. The molecule has 3 aromatic rings. The highest BCUT2D eigenvalue weighted by Gasteiger charge is 2.15. The van der Waals surface area contributed by atoms with Crippen molar-refractivity contribution in [1.29, 1.82) is 0 Å². The number of non-ortho nitro benzene ring substituents is 1. The average molecular weight is 310 g/mol. The first kappa shape index (κ1) is 14.8. The summed E-state index contributed by atoms with van der Waals surface area (Å²) in [5.41, 5.74) is 3.17. The molecule has 116 valence electrons. The van der Waals surface area contributed by atoms with Crippen LogP contribution in [0, 0.1) is 17.0 Å². The number of aromatic nitrogens is 1. The molecule has 0 aliphatic rings. The Kier molecular flexibility index (Phi) is 3.57. The quantitative estimate of drug-likeness (QED) is 0.590. The highest BCUT2D eigenvalue weighted by atomic mass is 16.6. The van der Waals surface area contributed by atoms with Gasteiger partial charge < -0.3 is 9.67 Å². The molecule has 2 aromatic carbocycles. The molecular formula is C17H14N2O4. The SMILES string of the molecule is Cc1cc([N+](=O)[O-])ccc1-n1cc(CC(=O)O)c2ccccc21. The molecule has 0 bridgehead atoms. The van der Waals surface area contributed by atoms with Gasteiger partial charge in [-0.15, -0.1) is 0 Å². The molecule has 1 heterocycles. The van der Waals surface area contributed by atoms with Gasteiger partial charge in [0, 0.05) is 29.4 Å². The molecule has 0 atom stereocenters. The van der Waals surface area contributed by atoms with Crippen LogP contribution in [0.2, 0.25) is 0 Å². The van der Waals surface area contributed by atoms with Crippen LogP contribution in [0.3, 0.4) is 0 Å². The van der Waals surface area contributed by atoms with Gasteiger partial charge in [-0.05, 0) is 30.2 Å². The number of aryl methyl sites for hydroxylation is 1. The van der Waals surface area contributed by atoms with E-state index in [-0.39, 0.29) is 12.1 Å². The molecule has 1 aromatic heterocycles. The highest BCUT2D eigenvalue weighted by molar-refractivity contribution is 5.89. The summed E-state index contributed by atoms with van der Waals surface area (Å²) in [6, 6.07) is 12.2. The summed E-state index contributed by atoms with van der Waals surface area (Å²) in [6.45, 7) is 1.80. The standard InChI is InChI=1S/C17H14N2O4/c1-11-8-13(19(22)23)6-7-15(11)18-10-12(9-17(20)21)14-4-2-3-5-16(14)18/h2-8,10H,9H2,1H3,(H,20,21). The van der Waals surface area contributed by atoms with Gasteiger partial charge in [-0.25, -0.2) is 0 Å². The number of rotatable bonds is 4. The number of carboxylic acid groups (broad SMARTS) is 1. The zero-order valence-electron chi connectivity index (χ0n) is 12.4. The van der Waals surface area contributed by atoms with Crippen molar-refractivity contribution >= 4 is 22.6 Å². The molecule has 6 heteroatoms. The number of nitro benzene ring substituents is 1. The summed E-state index contributed by atoms with van der Waals surface area (Å²) in [5, 5.41) is 20.8. The van der Waals surface area contributed by atoms with Crippen molar-refractivity contribution in [3.05, 3.63) is 69.9 Å². The zero-order chi connectivity index (χ0) is 16.6. The second-order valence-electron chi connectivity index (χ2n) is 5.34. The van der Waals surface area contributed by atoms with Crippen LogP contribution in [0.25, 0.3) is 16.6 Å². The maximum Gasteiger partial charge on any atom is 0.307 e. The van der Waals surface area contributed by atoms with Crippen molar-refractivity contribution in [2.45, 2.75) is 13.3 Å². The fourth-order valence-electron chi connectivity index (χ4n) is 2.78. The van der Waals surface area contributed by atoms with E-state index in [1.165, 1.54) is 12.1 Å². The van der Waals surface area contributed by atoms with Gasteiger partial charge in [0.1, 0.15) is 0 Å². The van der Waals surface area contributed by atoms with Gasteiger partial charge >= 0.3 is 5.97 Å². The molecule has 0 fully saturated rings. The molecule has 0 unspecified atom stereocenters. The Labute approximate surface area is 131 Å². The van der Waals surface area contributed by atoms with Crippen LogP contribution in [0.15, 0.2) is 48.7 Å². The van der Waals surface area contributed by atoms with Gasteiger partial charge in [-0.2, -0.15) is 0 Å². The topological polar surface area (TPSA) is 85.4 Å². The van der Waals surface area contributed by atoms with Gasteiger partial charge in [0.25, 0.3) is 5.69 Å². The molecule has 0 aliphatic heterocycles. The Bertz CT molecular complexity index is 927. The fourth-order valence-corrected chi connectivity index (χ4v) is 2.78. The summed E-state index contributed by atoms with van der Waals surface area (Å²) in [5.74, 6) is -0.895. The van der Waals surface area contributed by atoms with Gasteiger partial charge in [-0.3, -0.25) is 14.9 Å². The van der Waals surface area contributed by atoms with Crippen molar-refractivity contribution in [2.24, 2.45) is 0 Å². The van der Waals surface area contributed by atoms with Gasteiger partial charge in [0.15, 0.2) is 0 Å². The Morgan fingerprint density at radius 3 is 2.65 bits per heavy atom. The number of aliphatic carboxylic acids is 1. The largest absolute Gasteiger partial charge is 0.481 e. The van der Waals surface area contributed by atoms with Crippen LogP contribution in [0.5, 0.6) is 0 Å². The molecule has 1 N–H and O–H groups in total. The number of fused-ring (bicyclic) bond motifs is 1. The van der Waals surface area contributed by atoms with Gasteiger partial charge in [0.2, 0.25) is 0 Å².